The van der Waals surface area contributed by atoms with Gasteiger partial charge in [-0.1, -0.05) is 6.07 Å². The van der Waals surface area contributed by atoms with E-state index in [1.54, 1.807) is 6.20 Å². The molecule has 1 aliphatic carbocycles. The molecule has 1 saturated carbocycles. The number of aryl methyl sites for hydroxylation is 1. The number of aromatic nitrogens is 2. The lowest BCUT2D eigenvalue weighted by Crippen LogP contribution is -2.41. The average Bonchev–Trinajstić information content (AvgIpc) is 3.17. The van der Waals surface area contributed by atoms with Crippen LogP contribution >= 0.6 is 0 Å². The Morgan fingerprint density at radius 3 is 3.04 bits per heavy atom. The van der Waals surface area contributed by atoms with Gasteiger partial charge in [-0.05, 0) is 30.4 Å². The van der Waals surface area contributed by atoms with E-state index in [0.717, 1.165) is 31.3 Å². The zero-order valence-electron chi connectivity index (χ0n) is 12.5. The van der Waals surface area contributed by atoms with E-state index in [0.29, 0.717) is 12.0 Å². The number of carbonyl (C=O) groups excluding carboxylic acids is 1. The maximum atomic E-state index is 13.8. The Bertz CT molecular complexity index is 758. The number of nitrogens with zero attached hydrogens (tertiary/aromatic N) is 2. The number of amides is 1. The Hall–Kier alpha value is -2.24. The van der Waals surface area contributed by atoms with Crippen LogP contribution in [0.1, 0.15) is 30.1 Å². The zero-order valence-corrected chi connectivity index (χ0v) is 12.5. The normalized spacial score (nSPS) is 25.7. The van der Waals surface area contributed by atoms with Gasteiger partial charge in [0.05, 0.1) is 0 Å². The van der Waals surface area contributed by atoms with E-state index in [2.05, 4.69) is 14.9 Å². The van der Waals surface area contributed by atoms with Crippen LogP contribution < -0.4 is 5.32 Å². The molecule has 0 bridgehead atoms. The first-order valence-corrected chi connectivity index (χ1v) is 7.87. The van der Waals surface area contributed by atoms with Gasteiger partial charge in [0.25, 0.3) is 0 Å². The highest BCUT2D eigenvalue weighted by Gasteiger charge is 2.45. The van der Waals surface area contributed by atoms with E-state index >= 15 is 0 Å². The third-order valence-electron chi connectivity index (χ3n) is 4.77. The molecule has 1 aliphatic heterocycles. The summed E-state index contributed by atoms with van der Waals surface area (Å²) >= 11 is 0. The Labute approximate surface area is 132 Å². The molecule has 1 fully saturated rings. The fourth-order valence-corrected chi connectivity index (χ4v) is 3.42. The van der Waals surface area contributed by atoms with Gasteiger partial charge in [0.2, 0.25) is 5.91 Å². The van der Waals surface area contributed by atoms with Crippen LogP contribution in [0.5, 0.6) is 0 Å². The third-order valence-corrected chi connectivity index (χ3v) is 4.77. The van der Waals surface area contributed by atoms with Gasteiger partial charge < -0.3 is 9.88 Å². The van der Waals surface area contributed by atoms with Crippen molar-refractivity contribution in [1.82, 2.24) is 14.9 Å². The summed E-state index contributed by atoms with van der Waals surface area (Å²) in [5.41, 5.74) is 0.437. The maximum Gasteiger partial charge on any atom is 0.224 e. The Balaban J connectivity index is 1.38. The molecule has 2 aliphatic rings. The molecule has 120 valence electrons. The van der Waals surface area contributed by atoms with Gasteiger partial charge in [0, 0.05) is 43.4 Å². The molecule has 0 unspecified atom stereocenters. The first-order valence-electron chi connectivity index (χ1n) is 7.87. The largest absolute Gasteiger partial charge is 0.351 e. The molecule has 4 nitrogen and oxygen atoms in total. The minimum atomic E-state index is -0.591. The summed E-state index contributed by atoms with van der Waals surface area (Å²) in [6.45, 7) is 0.726. The van der Waals surface area contributed by atoms with E-state index in [-0.39, 0.29) is 23.8 Å². The number of hydrogen-bond acceptors (Lipinski definition) is 2. The van der Waals surface area contributed by atoms with Gasteiger partial charge in [-0.25, -0.2) is 13.8 Å². The van der Waals surface area contributed by atoms with Crippen molar-refractivity contribution < 1.29 is 13.6 Å². The van der Waals surface area contributed by atoms with Crippen LogP contribution in [-0.2, 0) is 17.8 Å². The molecule has 1 N–H and O–H groups in total. The van der Waals surface area contributed by atoms with E-state index in [9.17, 15) is 13.6 Å². The van der Waals surface area contributed by atoms with Crippen molar-refractivity contribution in [1.29, 1.82) is 0 Å². The van der Waals surface area contributed by atoms with Gasteiger partial charge in [-0.15, -0.1) is 0 Å². The molecule has 1 amide bonds. The number of benzene rings is 1. The molecule has 3 atom stereocenters. The number of hydrogen-bond donors (Lipinski definition) is 1. The lowest BCUT2D eigenvalue weighted by Gasteiger charge is -2.24. The second kappa shape index (κ2) is 5.44. The molecule has 2 heterocycles. The molecular weight excluding hydrogens is 300 g/mol. The predicted molar refractivity (Wildman–Crippen MR) is 79.7 cm³/mol. The summed E-state index contributed by atoms with van der Waals surface area (Å²) in [5, 5.41) is 3.06. The number of halogens is 2. The molecule has 0 saturated heterocycles. The summed E-state index contributed by atoms with van der Waals surface area (Å²) < 4.78 is 28.8. The zero-order chi connectivity index (χ0) is 16.0. The van der Waals surface area contributed by atoms with Crippen molar-refractivity contribution in [2.24, 2.45) is 5.92 Å². The summed E-state index contributed by atoms with van der Waals surface area (Å²) in [6.07, 6.45) is 6.02. The topological polar surface area (TPSA) is 46.9 Å². The Morgan fingerprint density at radius 1 is 1.35 bits per heavy atom. The van der Waals surface area contributed by atoms with Crippen LogP contribution in [0.4, 0.5) is 8.78 Å². The van der Waals surface area contributed by atoms with Gasteiger partial charge in [0.15, 0.2) is 0 Å². The van der Waals surface area contributed by atoms with Gasteiger partial charge >= 0.3 is 0 Å². The minimum Gasteiger partial charge on any atom is -0.351 e. The van der Waals surface area contributed by atoms with Crippen molar-refractivity contribution in [3.8, 4) is 0 Å². The van der Waals surface area contributed by atoms with Crippen LogP contribution in [0.25, 0.3) is 0 Å². The van der Waals surface area contributed by atoms with E-state index in [4.69, 9.17) is 0 Å². The molecular formula is C17H17F2N3O. The highest BCUT2D eigenvalue weighted by atomic mass is 19.1. The molecule has 0 spiro atoms. The van der Waals surface area contributed by atoms with Gasteiger partial charge in [-0.2, -0.15) is 0 Å². The highest BCUT2D eigenvalue weighted by molar-refractivity contribution is 5.83. The average molecular weight is 317 g/mol. The number of fused-ring (bicyclic) bond motifs is 1. The Morgan fingerprint density at radius 2 is 2.22 bits per heavy atom. The molecule has 4 rings (SSSR count). The van der Waals surface area contributed by atoms with Crippen LogP contribution in [-0.4, -0.2) is 21.5 Å². The first kappa shape index (κ1) is 14.4. The van der Waals surface area contributed by atoms with Crippen molar-refractivity contribution in [2.75, 3.05) is 0 Å². The van der Waals surface area contributed by atoms with Crippen LogP contribution in [0, 0.1) is 17.6 Å². The number of carbonyl (C=O) groups is 1. The standard InChI is InChI=1S/C17H17F2N3O/c18-10-1-3-12(15(19)7-10)13-8-14(13)17(23)21-11-2-4-16-20-5-6-22(16)9-11/h1,3,5-7,11,13-14H,2,4,8-9H2,(H,21,23)/t11-,13-,14+/m1/s1. The van der Waals surface area contributed by atoms with Crippen LogP contribution in [0.2, 0.25) is 0 Å². The SMILES string of the molecule is O=C(N[C@@H]1CCc2nccn2C1)[C@H]1C[C@@H]1c1ccc(F)cc1F. The first-order chi connectivity index (χ1) is 11.1. The number of rotatable bonds is 3. The second-order valence-corrected chi connectivity index (χ2v) is 6.35. The predicted octanol–water partition coefficient (Wildman–Crippen LogP) is 2.40. The maximum absolute atomic E-state index is 13.8. The van der Waals surface area contributed by atoms with Gasteiger partial charge in [-0.3, -0.25) is 4.79 Å². The van der Waals surface area contributed by atoms with E-state index in [1.807, 2.05) is 6.20 Å². The monoisotopic (exact) mass is 317 g/mol. The van der Waals surface area contributed by atoms with Crippen LogP contribution in [0.15, 0.2) is 30.6 Å². The fourth-order valence-electron chi connectivity index (χ4n) is 3.42. The molecule has 0 radical (unpaired) electrons. The lowest BCUT2D eigenvalue weighted by atomic mass is 10.1. The van der Waals surface area contributed by atoms with Crippen LogP contribution in [0.3, 0.4) is 0 Å². The van der Waals surface area contributed by atoms with Crippen molar-refractivity contribution in [2.45, 2.75) is 37.8 Å². The number of nitrogens with one attached hydrogen (secondary N) is 1. The lowest BCUT2D eigenvalue weighted by molar-refractivity contribution is -0.123. The second-order valence-electron chi connectivity index (χ2n) is 6.35. The summed E-state index contributed by atoms with van der Waals surface area (Å²) in [5.74, 6) is -0.486. The highest BCUT2D eigenvalue weighted by Crippen LogP contribution is 2.48. The molecule has 2 aromatic rings. The number of imidazole rings is 1. The van der Waals surface area contributed by atoms with E-state index < -0.39 is 11.6 Å². The molecule has 23 heavy (non-hydrogen) atoms. The molecule has 1 aromatic carbocycles. The minimum absolute atomic E-state index is 0.0349. The molecule has 1 aromatic heterocycles. The molecule has 6 heteroatoms. The summed E-state index contributed by atoms with van der Waals surface area (Å²) in [7, 11) is 0. The summed E-state index contributed by atoms with van der Waals surface area (Å²) in [6, 6.07) is 3.65. The summed E-state index contributed by atoms with van der Waals surface area (Å²) in [4.78, 5) is 16.6. The quantitative estimate of drug-likeness (QED) is 0.945. The fraction of sp³-hybridized carbons (Fsp3) is 0.412. The smallest absolute Gasteiger partial charge is 0.224 e. The third kappa shape index (κ3) is 2.73. The van der Waals surface area contributed by atoms with Crippen molar-refractivity contribution in [3.63, 3.8) is 0 Å². The van der Waals surface area contributed by atoms with E-state index in [1.165, 1.54) is 12.1 Å². The Kier molecular flexibility index (Phi) is 3.39. The van der Waals surface area contributed by atoms with Crippen molar-refractivity contribution >= 4 is 5.91 Å². The van der Waals surface area contributed by atoms with Crippen molar-refractivity contribution in [3.05, 3.63) is 53.6 Å². The van der Waals surface area contributed by atoms with Gasteiger partial charge in [0.1, 0.15) is 17.5 Å².